The van der Waals surface area contributed by atoms with E-state index in [2.05, 4.69) is 0 Å². The van der Waals surface area contributed by atoms with E-state index in [1.807, 2.05) is 6.92 Å². The van der Waals surface area contributed by atoms with Gasteiger partial charge in [-0.25, -0.2) is 0 Å². The summed E-state index contributed by atoms with van der Waals surface area (Å²) in [6.07, 6.45) is 0.752. The number of carbonyl (C=O) groups excluding carboxylic acids is 2. The van der Waals surface area contributed by atoms with Crippen LogP contribution >= 0.6 is 11.8 Å². The highest BCUT2D eigenvalue weighted by Gasteiger charge is 2.55. The van der Waals surface area contributed by atoms with E-state index in [1.165, 1.54) is 11.8 Å². The maximum atomic E-state index is 11.7. The molecular formula is C10H13NO3S. The summed E-state index contributed by atoms with van der Waals surface area (Å²) >= 11 is 1.38. The molecule has 1 amide bonds. The van der Waals surface area contributed by atoms with Crippen LogP contribution in [0.3, 0.4) is 0 Å². The van der Waals surface area contributed by atoms with Crippen molar-refractivity contribution in [2.45, 2.75) is 31.7 Å². The van der Waals surface area contributed by atoms with E-state index in [0.29, 0.717) is 11.3 Å². The number of aldehydes is 1. The van der Waals surface area contributed by atoms with Gasteiger partial charge in [0.2, 0.25) is 5.91 Å². The molecule has 4 nitrogen and oxygen atoms in total. The second-order valence-corrected chi connectivity index (χ2v) is 4.94. The second kappa shape index (κ2) is 3.64. The fraction of sp³-hybridized carbons (Fsp3) is 0.600. The quantitative estimate of drug-likeness (QED) is 0.570. The number of fused-ring (bicyclic) bond motifs is 1. The molecule has 2 aliphatic heterocycles. The van der Waals surface area contributed by atoms with Gasteiger partial charge in [-0.2, -0.15) is 0 Å². The van der Waals surface area contributed by atoms with Gasteiger partial charge in [-0.1, -0.05) is 18.7 Å². The zero-order chi connectivity index (χ0) is 11.2. The summed E-state index contributed by atoms with van der Waals surface area (Å²) in [5, 5.41) is 9.61. The molecule has 0 aromatic heterocycles. The van der Waals surface area contributed by atoms with Crippen LogP contribution in [0.4, 0.5) is 0 Å². The largest absolute Gasteiger partial charge is 0.392 e. The van der Waals surface area contributed by atoms with Crippen molar-refractivity contribution >= 4 is 24.0 Å². The van der Waals surface area contributed by atoms with Crippen molar-refractivity contribution in [1.82, 2.24) is 4.90 Å². The Morgan fingerprint density at radius 3 is 2.87 bits per heavy atom. The third kappa shape index (κ3) is 1.33. The second-order valence-electron chi connectivity index (χ2n) is 3.79. The standard InChI is InChI=1S/C10H13NO3S/c1-3-6(13)8-9(14)11-5(2)7(4-12)15-10(8)11/h4,6,8,10,13H,3H2,1-2H3/t6-,8+,10+/m0/s1. The van der Waals surface area contributed by atoms with E-state index in [-0.39, 0.29) is 17.2 Å². The predicted molar refractivity (Wildman–Crippen MR) is 56.8 cm³/mol. The summed E-state index contributed by atoms with van der Waals surface area (Å²) in [7, 11) is 0. The first-order chi connectivity index (χ1) is 7.11. The maximum Gasteiger partial charge on any atom is 0.236 e. The Balaban J connectivity index is 2.18. The van der Waals surface area contributed by atoms with Gasteiger partial charge in [0.1, 0.15) is 5.37 Å². The molecule has 0 bridgehead atoms. The summed E-state index contributed by atoms with van der Waals surface area (Å²) < 4.78 is 0. The van der Waals surface area contributed by atoms with Gasteiger partial charge < -0.3 is 10.0 Å². The minimum Gasteiger partial charge on any atom is -0.392 e. The molecule has 1 N–H and O–H groups in total. The number of carbonyl (C=O) groups is 2. The van der Waals surface area contributed by atoms with Crippen LogP contribution in [0.25, 0.3) is 0 Å². The summed E-state index contributed by atoms with van der Waals surface area (Å²) in [5.41, 5.74) is 0.726. The number of amides is 1. The zero-order valence-corrected chi connectivity index (χ0v) is 9.45. The van der Waals surface area contributed by atoms with Crippen molar-refractivity contribution in [1.29, 1.82) is 0 Å². The molecule has 0 spiro atoms. The molecule has 2 heterocycles. The van der Waals surface area contributed by atoms with Gasteiger partial charge >= 0.3 is 0 Å². The Bertz CT molecular complexity index is 353. The van der Waals surface area contributed by atoms with E-state index >= 15 is 0 Å². The van der Waals surface area contributed by atoms with Gasteiger partial charge in [-0.15, -0.1) is 0 Å². The lowest BCUT2D eigenvalue weighted by Crippen LogP contribution is -2.60. The van der Waals surface area contributed by atoms with E-state index in [1.54, 1.807) is 11.8 Å². The molecule has 2 aliphatic rings. The first-order valence-electron chi connectivity index (χ1n) is 4.95. The van der Waals surface area contributed by atoms with Crippen LogP contribution in [0.1, 0.15) is 20.3 Å². The molecule has 0 aromatic carbocycles. The molecule has 3 atom stereocenters. The SMILES string of the molecule is CC[C@H](O)[C@@H]1C(=O)N2C(C)=C(C=O)S[C@H]12. The average molecular weight is 227 g/mol. The molecule has 15 heavy (non-hydrogen) atoms. The number of allylic oxidation sites excluding steroid dienone is 2. The summed E-state index contributed by atoms with van der Waals surface area (Å²) in [6, 6.07) is 0. The highest BCUT2D eigenvalue weighted by molar-refractivity contribution is 8.04. The third-order valence-corrected chi connectivity index (χ3v) is 4.38. The van der Waals surface area contributed by atoms with Crippen LogP contribution in [0.2, 0.25) is 0 Å². The Labute approximate surface area is 92.3 Å². The van der Waals surface area contributed by atoms with E-state index in [0.717, 1.165) is 12.0 Å². The molecule has 82 valence electrons. The summed E-state index contributed by atoms with van der Waals surface area (Å²) in [5.74, 6) is -0.399. The van der Waals surface area contributed by atoms with Crippen LogP contribution < -0.4 is 0 Å². The monoisotopic (exact) mass is 227 g/mol. The number of aliphatic hydroxyl groups is 1. The molecular weight excluding hydrogens is 214 g/mol. The number of thioether (sulfide) groups is 1. The Kier molecular flexibility index (Phi) is 2.60. The molecule has 0 aromatic rings. The predicted octanol–water partition coefficient (Wildman–Crippen LogP) is 0.719. The fourth-order valence-corrected chi connectivity index (χ4v) is 3.42. The van der Waals surface area contributed by atoms with Gasteiger partial charge in [0.05, 0.1) is 16.9 Å². The van der Waals surface area contributed by atoms with Crippen LogP contribution in [0.15, 0.2) is 10.6 Å². The van der Waals surface area contributed by atoms with Crippen LogP contribution in [-0.2, 0) is 9.59 Å². The lowest BCUT2D eigenvalue weighted by Gasteiger charge is -2.44. The van der Waals surface area contributed by atoms with Gasteiger partial charge in [0.15, 0.2) is 6.29 Å². The Morgan fingerprint density at radius 1 is 1.67 bits per heavy atom. The summed E-state index contributed by atoms with van der Waals surface area (Å²) in [4.78, 5) is 24.6. The molecule has 0 unspecified atom stereocenters. The van der Waals surface area contributed by atoms with Crippen LogP contribution in [0.5, 0.6) is 0 Å². The number of nitrogens with zero attached hydrogens (tertiary/aromatic N) is 1. The normalized spacial score (nSPS) is 31.4. The van der Waals surface area contributed by atoms with Crippen LogP contribution in [0, 0.1) is 5.92 Å². The Hall–Kier alpha value is -0.810. The molecule has 0 aliphatic carbocycles. The highest BCUT2D eigenvalue weighted by atomic mass is 32.2. The van der Waals surface area contributed by atoms with Crippen molar-refractivity contribution in [3.05, 3.63) is 10.6 Å². The highest BCUT2D eigenvalue weighted by Crippen LogP contribution is 2.49. The van der Waals surface area contributed by atoms with Crippen molar-refractivity contribution in [2.24, 2.45) is 5.92 Å². The van der Waals surface area contributed by atoms with Crippen LogP contribution in [-0.4, -0.2) is 33.7 Å². The summed E-state index contributed by atoms with van der Waals surface area (Å²) in [6.45, 7) is 3.62. The Morgan fingerprint density at radius 2 is 2.33 bits per heavy atom. The minimum atomic E-state index is -0.593. The van der Waals surface area contributed by atoms with Crippen molar-refractivity contribution in [3.63, 3.8) is 0 Å². The molecule has 1 fully saturated rings. The number of aliphatic hydroxyl groups excluding tert-OH is 1. The third-order valence-electron chi connectivity index (χ3n) is 2.99. The van der Waals surface area contributed by atoms with Crippen molar-refractivity contribution < 1.29 is 14.7 Å². The first kappa shape index (κ1) is 10.7. The lowest BCUT2D eigenvalue weighted by atomic mass is 9.90. The smallest absolute Gasteiger partial charge is 0.236 e. The van der Waals surface area contributed by atoms with Gasteiger partial charge in [-0.05, 0) is 13.3 Å². The maximum absolute atomic E-state index is 11.7. The minimum absolute atomic E-state index is 0.0591. The molecule has 0 saturated carbocycles. The molecule has 0 radical (unpaired) electrons. The van der Waals surface area contributed by atoms with E-state index in [9.17, 15) is 14.7 Å². The van der Waals surface area contributed by atoms with Gasteiger partial charge in [-0.3, -0.25) is 9.59 Å². The number of β-lactam (4-membered cyclic amide) rings is 1. The average Bonchev–Trinajstić information content (AvgIpc) is 2.50. The van der Waals surface area contributed by atoms with Gasteiger partial charge in [0.25, 0.3) is 0 Å². The molecule has 2 rings (SSSR count). The lowest BCUT2D eigenvalue weighted by molar-refractivity contribution is -0.153. The number of hydrogen-bond acceptors (Lipinski definition) is 4. The zero-order valence-electron chi connectivity index (χ0n) is 8.64. The number of rotatable bonds is 3. The number of hydrogen-bond donors (Lipinski definition) is 1. The molecule has 1 saturated heterocycles. The fourth-order valence-electron chi connectivity index (χ4n) is 2.02. The van der Waals surface area contributed by atoms with Crippen molar-refractivity contribution in [3.8, 4) is 0 Å². The molecule has 5 heteroatoms. The first-order valence-corrected chi connectivity index (χ1v) is 5.83. The topological polar surface area (TPSA) is 57.6 Å². The van der Waals surface area contributed by atoms with Crippen molar-refractivity contribution in [2.75, 3.05) is 0 Å². The van der Waals surface area contributed by atoms with Gasteiger partial charge in [0, 0.05) is 5.70 Å². The van der Waals surface area contributed by atoms with E-state index in [4.69, 9.17) is 0 Å². The van der Waals surface area contributed by atoms with E-state index < -0.39 is 6.10 Å².